The number of thiophene rings is 1. The van der Waals surface area contributed by atoms with Gasteiger partial charge >= 0.3 is 6.03 Å². The van der Waals surface area contributed by atoms with Gasteiger partial charge in [-0.05, 0) is 67.1 Å². The maximum atomic E-state index is 12.6. The largest absolute Gasteiger partial charge is 0.347 e. The fourth-order valence-electron chi connectivity index (χ4n) is 4.27. The van der Waals surface area contributed by atoms with E-state index in [1.54, 1.807) is 35.6 Å². The molecule has 0 spiro atoms. The molecule has 1 aliphatic heterocycles. The number of piperidine rings is 1. The molecule has 178 valence electrons. The summed E-state index contributed by atoms with van der Waals surface area (Å²) in [5.41, 5.74) is 3.46. The number of benzene rings is 2. The third kappa shape index (κ3) is 6.68. The highest BCUT2D eigenvalue weighted by Gasteiger charge is 2.19. The molecule has 1 fully saturated rings. The zero-order valence-corrected chi connectivity index (χ0v) is 20.4. The lowest BCUT2D eigenvalue weighted by Crippen LogP contribution is -2.37. The number of nitrogens with zero attached hydrogens (tertiary/aromatic N) is 1. The maximum Gasteiger partial charge on any atom is 0.319 e. The molecule has 6 nitrogen and oxygen atoms in total. The van der Waals surface area contributed by atoms with Gasteiger partial charge < -0.3 is 16.0 Å². The molecule has 0 bridgehead atoms. The van der Waals surface area contributed by atoms with Crippen LogP contribution >= 0.6 is 11.3 Å². The predicted molar refractivity (Wildman–Crippen MR) is 138 cm³/mol. The molecule has 1 aliphatic rings. The number of carbonyl (C=O) groups excluding carboxylic acids is 2. The van der Waals surface area contributed by atoms with E-state index >= 15 is 0 Å². The van der Waals surface area contributed by atoms with Gasteiger partial charge in [0.25, 0.3) is 5.91 Å². The second kappa shape index (κ2) is 11.8. The van der Waals surface area contributed by atoms with Crippen LogP contribution in [0.1, 0.15) is 52.5 Å². The molecule has 0 aliphatic carbocycles. The topological polar surface area (TPSA) is 73.5 Å². The van der Waals surface area contributed by atoms with Crippen molar-refractivity contribution >= 4 is 29.0 Å². The number of urea groups is 1. The average molecular weight is 477 g/mol. The van der Waals surface area contributed by atoms with Gasteiger partial charge in [0, 0.05) is 35.3 Å². The van der Waals surface area contributed by atoms with Crippen molar-refractivity contribution in [3.63, 3.8) is 0 Å². The van der Waals surface area contributed by atoms with Gasteiger partial charge in [-0.15, -0.1) is 11.3 Å². The maximum absolute atomic E-state index is 12.6. The van der Waals surface area contributed by atoms with Crippen LogP contribution in [0.3, 0.4) is 0 Å². The lowest BCUT2D eigenvalue weighted by Gasteiger charge is -2.33. The first-order chi connectivity index (χ1) is 16.6. The minimum atomic E-state index is -0.294. The zero-order valence-electron chi connectivity index (χ0n) is 19.5. The van der Waals surface area contributed by atoms with E-state index in [1.807, 2.05) is 23.6 Å². The molecular formula is C27H32N4O2S. The first kappa shape index (κ1) is 24.0. The van der Waals surface area contributed by atoms with E-state index in [9.17, 15) is 9.59 Å². The Morgan fingerprint density at radius 2 is 1.82 bits per heavy atom. The van der Waals surface area contributed by atoms with E-state index in [0.29, 0.717) is 30.4 Å². The monoisotopic (exact) mass is 476 g/mol. The fourth-order valence-corrected chi connectivity index (χ4v) is 4.91. The van der Waals surface area contributed by atoms with Gasteiger partial charge in [0.1, 0.15) is 0 Å². The Bertz CT molecular complexity index is 1100. The van der Waals surface area contributed by atoms with Crippen molar-refractivity contribution in [2.24, 2.45) is 0 Å². The van der Waals surface area contributed by atoms with Crippen LogP contribution in [-0.2, 0) is 19.6 Å². The summed E-state index contributed by atoms with van der Waals surface area (Å²) in [5.74, 6) is -0.168. The summed E-state index contributed by atoms with van der Waals surface area (Å²) in [6.07, 6.45) is 3.80. The van der Waals surface area contributed by atoms with Gasteiger partial charge in [-0.2, -0.15) is 0 Å². The zero-order chi connectivity index (χ0) is 23.8. The van der Waals surface area contributed by atoms with Gasteiger partial charge in [-0.3, -0.25) is 9.69 Å². The van der Waals surface area contributed by atoms with Crippen LogP contribution in [0.2, 0.25) is 0 Å². The number of likely N-dealkylation sites (tertiary alicyclic amines) is 1. The number of carbonyl (C=O) groups is 2. The molecule has 1 unspecified atom stereocenters. The van der Waals surface area contributed by atoms with Crippen molar-refractivity contribution in [2.45, 2.75) is 51.9 Å². The van der Waals surface area contributed by atoms with Crippen molar-refractivity contribution in [2.75, 3.05) is 11.9 Å². The Labute approximate surface area is 205 Å². The Morgan fingerprint density at radius 1 is 0.971 bits per heavy atom. The third-order valence-corrected chi connectivity index (χ3v) is 7.13. The highest BCUT2D eigenvalue weighted by Crippen LogP contribution is 2.21. The normalized spacial score (nSPS) is 16.1. The van der Waals surface area contributed by atoms with Gasteiger partial charge in [0.2, 0.25) is 0 Å². The Kier molecular flexibility index (Phi) is 8.33. The van der Waals surface area contributed by atoms with Gasteiger partial charge in [0.15, 0.2) is 0 Å². The Balaban J connectivity index is 1.30. The molecule has 7 heteroatoms. The first-order valence-corrected chi connectivity index (χ1v) is 12.7. The summed E-state index contributed by atoms with van der Waals surface area (Å²) >= 11 is 1.60. The van der Waals surface area contributed by atoms with E-state index in [4.69, 9.17) is 0 Å². The van der Waals surface area contributed by atoms with Crippen LogP contribution < -0.4 is 16.0 Å². The molecule has 0 saturated carbocycles. The van der Waals surface area contributed by atoms with Crippen molar-refractivity contribution in [1.82, 2.24) is 15.5 Å². The molecular weight excluding hydrogens is 444 g/mol. The van der Waals surface area contributed by atoms with Crippen LogP contribution in [0.4, 0.5) is 10.5 Å². The second-order valence-corrected chi connectivity index (χ2v) is 9.77. The molecule has 1 atom stereocenters. The molecule has 2 heterocycles. The van der Waals surface area contributed by atoms with Crippen LogP contribution in [0.25, 0.3) is 0 Å². The van der Waals surface area contributed by atoms with Crippen LogP contribution in [-0.4, -0.2) is 29.4 Å². The van der Waals surface area contributed by atoms with E-state index < -0.39 is 0 Å². The van der Waals surface area contributed by atoms with Gasteiger partial charge in [-0.1, -0.05) is 42.8 Å². The molecule has 4 rings (SSSR count). The highest BCUT2D eigenvalue weighted by atomic mass is 32.1. The Morgan fingerprint density at radius 3 is 2.62 bits per heavy atom. The van der Waals surface area contributed by atoms with E-state index in [-0.39, 0.29) is 11.9 Å². The number of hydrogen-bond acceptors (Lipinski definition) is 4. The summed E-state index contributed by atoms with van der Waals surface area (Å²) in [6.45, 7) is 5.27. The number of amides is 3. The summed E-state index contributed by atoms with van der Waals surface area (Å²) < 4.78 is 0. The summed E-state index contributed by atoms with van der Waals surface area (Å²) in [6, 6.07) is 19.5. The van der Waals surface area contributed by atoms with Crippen molar-refractivity contribution in [3.8, 4) is 0 Å². The van der Waals surface area contributed by atoms with Crippen molar-refractivity contribution in [3.05, 3.63) is 87.6 Å². The number of hydrogen-bond donors (Lipinski definition) is 3. The predicted octanol–water partition coefficient (Wildman–Crippen LogP) is 5.37. The molecule has 3 aromatic rings. The van der Waals surface area contributed by atoms with E-state index in [1.165, 1.54) is 24.8 Å². The van der Waals surface area contributed by atoms with Crippen LogP contribution in [0.5, 0.6) is 0 Å². The third-order valence-electron chi connectivity index (χ3n) is 6.26. The second-order valence-electron chi connectivity index (χ2n) is 8.73. The van der Waals surface area contributed by atoms with Crippen molar-refractivity contribution in [1.29, 1.82) is 0 Å². The summed E-state index contributed by atoms with van der Waals surface area (Å²) in [5, 5.41) is 10.7. The highest BCUT2D eigenvalue weighted by molar-refractivity contribution is 7.09. The minimum Gasteiger partial charge on any atom is -0.347 e. The molecule has 2 aromatic carbocycles. The molecule has 1 saturated heterocycles. The molecule has 3 N–H and O–H groups in total. The van der Waals surface area contributed by atoms with E-state index in [0.717, 1.165) is 23.5 Å². The quantitative estimate of drug-likeness (QED) is 0.409. The Hall–Kier alpha value is -3.16. The van der Waals surface area contributed by atoms with Gasteiger partial charge in [-0.25, -0.2) is 4.79 Å². The average Bonchev–Trinajstić information content (AvgIpc) is 3.37. The number of rotatable bonds is 8. The lowest BCUT2D eigenvalue weighted by molar-refractivity contribution is 0.0951. The number of anilines is 1. The van der Waals surface area contributed by atoms with Crippen LogP contribution in [0.15, 0.2) is 66.0 Å². The summed E-state index contributed by atoms with van der Waals surface area (Å²) in [4.78, 5) is 28.7. The SMILES string of the molecule is CC1CCCCN1Cc1ccccc1CNC(=O)Nc1cccc(C(=O)NCc2cccs2)c1. The standard InChI is InChI=1S/C27H32N4O2S/c1-20-8-4-5-14-31(20)19-23-10-3-2-9-22(23)17-29-27(33)30-24-12-6-11-21(16-24)26(32)28-18-25-13-7-15-34-25/h2-3,6-7,9-13,15-16,20H,4-5,8,14,17-19H2,1H3,(H,28,32)(H2,29,30,33). The van der Waals surface area contributed by atoms with Crippen molar-refractivity contribution < 1.29 is 9.59 Å². The molecule has 1 aromatic heterocycles. The lowest BCUT2D eigenvalue weighted by atomic mass is 10.0. The summed E-state index contributed by atoms with van der Waals surface area (Å²) in [7, 11) is 0. The van der Waals surface area contributed by atoms with Crippen LogP contribution in [0, 0.1) is 0 Å². The minimum absolute atomic E-state index is 0.168. The van der Waals surface area contributed by atoms with E-state index in [2.05, 4.69) is 46.0 Å². The fraction of sp³-hybridized carbons (Fsp3) is 0.333. The molecule has 34 heavy (non-hydrogen) atoms. The number of nitrogens with one attached hydrogen (secondary N) is 3. The molecule has 3 amide bonds. The first-order valence-electron chi connectivity index (χ1n) is 11.8. The van der Waals surface area contributed by atoms with Gasteiger partial charge in [0.05, 0.1) is 6.54 Å². The molecule has 0 radical (unpaired) electrons. The smallest absolute Gasteiger partial charge is 0.319 e.